The lowest BCUT2D eigenvalue weighted by Crippen LogP contribution is -2.49. The number of aromatic amines is 1. The molecular weight excluding hydrogens is 300 g/mol. The number of carbonyl (C=O) groups is 1. The summed E-state index contributed by atoms with van der Waals surface area (Å²) in [5, 5.41) is 1.17. The van der Waals surface area contributed by atoms with Gasteiger partial charge in [0.15, 0.2) is 0 Å². The van der Waals surface area contributed by atoms with Crippen LogP contribution in [-0.4, -0.2) is 79.0 Å². The Labute approximate surface area is 145 Å². The van der Waals surface area contributed by atoms with Crippen molar-refractivity contribution < 1.29 is 6.22 Å². The maximum absolute atomic E-state index is 12.5. The summed E-state index contributed by atoms with van der Waals surface area (Å²) in [7, 11) is 4.22. The lowest BCUT2D eigenvalue weighted by Gasteiger charge is -2.35. The zero-order valence-electron chi connectivity index (χ0n) is 14.8. The van der Waals surface area contributed by atoms with Crippen molar-refractivity contribution in [2.45, 2.75) is 12.8 Å². The van der Waals surface area contributed by atoms with Crippen LogP contribution in [-0.2, 0) is 11.2 Å². The minimum atomic E-state index is 0. The third-order valence-electron chi connectivity index (χ3n) is 4.73. The first-order chi connectivity index (χ1) is 11.6. The Hall–Kier alpha value is -1.85. The molecule has 1 aromatic carbocycles. The lowest BCUT2D eigenvalue weighted by atomic mass is 10.2. The number of para-hydroxylation sites is 1. The second kappa shape index (κ2) is 7.81. The third kappa shape index (κ3) is 4.36. The maximum atomic E-state index is 12.5. The van der Waals surface area contributed by atoms with Crippen molar-refractivity contribution in [3.8, 4) is 0 Å². The molecule has 1 aromatic heterocycles. The summed E-state index contributed by atoms with van der Waals surface area (Å²) in [6.45, 7) is 5.93. The lowest BCUT2D eigenvalue weighted by molar-refractivity contribution is -0.132. The summed E-state index contributed by atoms with van der Waals surface area (Å²) in [4.78, 5) is 22.6. The molecule has 0 atom stereocenters. The number of benzene rings is 1. The molecule has 2 heterocycles. The molecule has 0 saturated carbocycles. The molecule has 132 valence electrons. The van der Waals surface area contributed by atoms with E-state index in [0.717, 1.165) is 50.5 Å². The number of nitrogens with one attached hydrogen (secondary N) is 1. The number of amides is 1. The molecule has 5 nitrogen and oxygen atoms in total. The Balaban J connectivity index is 0.00000225. The van der Waals surface area contributed by atoms with E-state index in [1.807, 2.05) is 17.0 Å². The third-order valence-corrected chi connectivity index (χ3v) is 4.73. The highest BCUT2D eigenvalue weighted by molar-refractivity contribution is 5.84. The first-order valence-electron chi connectivity index (χ1n) is 8.83. The van der Waals surface area contributed by atoms with Crippen LogP contribution in [0.3, 0.4) is 0 Å². The molecule has 1 aliphatic rings. The SMILES string of the molecule is CN(C)CCCN1CCN(C(=O)Cc2cc3ccccc3[nH]2)CC1.[HH]. The molecule has 0 aliphatic carbocycles. The molecule has 1 fully saturated rings. The molecule has 2 aromatic rings. The zero-order chi connectivity index (χ0) is 16.9. The van der Waals surface area contributed by atoms with Crippen LogP contribution < -0.4 is 0 Å². The molecule has 1 amide bonds. The van der Waals surface area contributed by atoms with E-state index in [4.69, 9.17) is 0 Å². The zero-order valence-corrected chi connectivity index (χ0v) is 14.8. The fourth-order valence-corrected chi connectivity index (χ4v) is 3.33. The Kier molecular flexibility index (Phi) is 5.53. The molecule has 0 unspecified atom stereocenters. The van der Waals surface area contributed by atoms with Gasteiger partial charge in [-0.15, -0.1) is 0 Å². The van der Waals surface area contributed by atoms with Gasteiger partial charge in [0.05, 0.1) is 6.42 Å². The quantitative estimate of drug-likeness (QED) is 0.881. The van der Waals surface area contributed by atoms with E-state index in [1.165, 1.54) is 11.8 Å². The number of rotatable bonds is 6. The topological polar surface area (TPSA) is 42.6 Å². The summed E-state index contributed by atoms with van der Waals surface area (Å²) in [6, 6.07) is 10.3. The van der Waals surface area contributed by atoms with Crippen LogP contribution in [0, 0.1) is 0 Å². The molecule has 0 bridgehead atoms. The average molecular weight is 330 g/mol. The molecule has 1 aliphatic heterocycles. The van der Waals surface area contributed by atoms with Gasteiger partial charge in [0, 0.05) is 38.8 Å². The normalized spacial score (nSPS) is 16.2. The first kappa shape index (κ1) is 17.0. The van der Waals surface area contributed by atoms with Crippen molar-refractivity contribution in [3.63, 3.8) is 0 Å². The van der Waals surface area contributed by atoms with Gasteiger partial charge < -0.3 is 14.8 Å². The highest BCUT2D eigenvalue weighted by Gasteiger charge is 2.21. The number of hydrogen-bond acceptors (Lipinski definition) is 3. The van der Waals surface area contributed by atoms with E-state index in [0.29, 0.717) is 6.42 Å². The number of carbonyl (C=O) groups excluding carboxylic acids is 1. The van der Waals surface area contributed by atoms with E-state index in [2.05, 4.69) is 47.1 Å². The minimum Gasteiger partial charge on any atom is -0.358 e. The Morgan fingerprint density at radius 1 is 1.21 bits per heavy atom. The largest absolute Gasteiger partial charge is 0.358 e. The molecule has 3 rings (SSSR count). The number of nitrogens with zero attached hydrogens (tertiary/aromatic N) is 3. The fraction of sp³-hybridized carbons (Fsp3) is 0.526. The Morgan fingerprint density at radius 2 is 1.96 bits per heavy atom. The number of fused-ring (bicyclic) bond motifs is 1. The predicted octanol–water partition coefficient (Wildman–Crippen LogP) is 2.05. The summed E-state index contributed by atoms with van der Waals surface area (Å²) in [6.07, 6.45) is 1.66. The number of aromatic nitrogens is 1. The minimum absolute atomic E-state index is 0. The summed E-state index contributed by atoms with van der Waals surface area (Å²) >= 11 is 0. The average Bonchev–Trinajstić information content (AvgIpc) is 2.97. The molecule has 0 spiro atoms. The fourth-order valence-electron chi connectivity index (χ4n) is 3.33. The van der Waals surface area contributed by atoms with Crippen LogP contribution in [0.5, 0.6) is 0 Å². The number of piperazine rings is 1. The van der Waals surface area contributed by atoms with Crippen molar-refractivity contribution in [2.24, 2.45) is 0 Å². The maximum Gasteiger partial charge on any atom is 0.228 e. The molecule has 5 heteroatoms. The van der Waals surface area contributed by atoms with Gasteiger partial charge in [-0.25, -0.2) is 0 Å². The van der Waals surface area contributed by atoms with Crippen molar-refractivity contribution in [2.75, 3.05) is 53.4 Å². The van der Waals surface area contributed by atoms with Crippen LogP contribution in [0.25, 0.3) is 10.9 Å². The van der Waals surface area contributed by atoms with Crippen LogP contribution >= 0.6 is 0 Å². The van der Waals surface area contributed by atoms with Crippen molar-refractivity contribution >= 4 is 16.8 Å². The summed E-state index contributed by atoms with van der Waals surface area (Å²) in [5.74, 6) is 0.231. The van der Waals surface area contributed by atoms with Gasteiger partial charge in [-0.1, -0.05) is 18.2 Å². The highest BCUT2D eigenvalue weighted by atomic mass is 16.2. The summed E-state index contributed by atoms with van der Waals surface area (Å²) < 4.78 is 0. The molecule has 24 heavy (non-hydrogen) atoms. The van der Waals surface area contributed by atoms with Crippen LogP contribution in [0.2, 0.25) is 0 Å². The highest BCUT2D eigenvalue weighted by Crippen LogP contribution is 2.16. The molecule has 1 N–H and O–H groups in total. The van der Waals surface area contributed by atoms with E-state index >= 15 is 0 Å². The second-order valence-electron chi connectivity index (χ2n) is 6.94. The van der Waals surface area contributed by atoms with Gasteiger partial charge >= 0.3 is 0 Å². The standard InChI is InChI=1S/C19H28N4O.H2/c1-21(2)8-5-9-22-10-12-23(13-11-22)19(24)15-17-14-16-6-3-4-7-18(16)20-17;/h3-4,6-7,14,20H,5,8-13,15H2,1-2H3;1H. The van der Waals surface area contributed by atoms with Crippen molar-refractivity contribution in [1.29, 1.82) is 0 Å². The first-order valence-corrected chi connectivity index (χ1v) is 8.83. The van der Waals surface area contributed by atoms with Gasteiger partial charge in [-0.3, -0.25) is 9.69 Å². The van der Waals surface area contributed by atoms with Crippen LogP contribution in [0.4, 0.5) is 0 Å². The van der Waals surface area contributed by atoms with Crippen LogP contribution in [0.15, 0.2) is 30.3 Å². The number of H-pyrrole nitrogens is 1. The molecule has 0 radical (unpaired) electrons. The van der Waals surface area contributed by atoms with Gasteiger partial charge in [0.2, 0.25) is 5.91 Å². The molecule has 1 saturated heterocycles. The second-order valence-corrected chi connectivity index (χ2v) is 6.94. The monoisotopic (exact) mass is 330 g/mol. The van der Waals surface area contributed by atoms with Crippen molar-refractivity contribution in [3.05, 3.63) is 36.0 Å². The van der Waals surface area contributed by atoms with E-state index < -0.39 is 0 Å². The Morgan fingerprint density at radius 3 is 2.67 bits per heavy atom. The van der Waals surface area contributed by atoms with Gasteiger partial charge in [-0.2, -0.15) is 0 Å². The smallest absolute Gasteiger partial charge is 0.228 e. The summed E-state index contributed by atoms with van der Waals surface area (Å²) in [5.41, 5.74) is 2.11. The van der Waals surface area contributed by atoms with Gasteiger partial charge in [0.25, 0.3) is 0 Å². The number of hydrogen-bond donors (Lipinski definition) is 1. The van der Waals surface area contributed by atoms with E-state index in [9.17, 15) is 4.79 Å². The van der Waals surface area contributed by atoms with E-state index in [1.54, 1.807) is 0 Å². The Bertz CT molecular complexity index is 644. The van der Waals surface area contributed by atoms with Crippen LogP contribution in [0.1, 0.15) is 13.5 Å². The van der Waals surface area contributed by atoms with Gasteiger partial charge in [-0.05, 0) is 51.1 Å². The molecular formula is C19H30N4O. The van der Waals surface area contributed by atoms with Crippen molar-refractivity contribution in [1.82, 2.24) is 19.7 Å². The predicted molar refractivity (Wildman–Crippen MR) is 100 cm³/mol. The van der Waals surface area contributed by atoms with Gasteiger partial charge in [0.1, 0.15) is 0 Å². The van der Waals surface area contributed by atoms with E-state index in [-0.39, 0.29) is 7.33 Å².